The summed E-state index contributed by atoms with van der Waals surface area (Å²) < 4.78 is 4.66. The molecule has 15 heavy (non-hydrogen) atoms. The Bertz CT molecular complexity index is 373. The Balaban J connectivity index is 2.70. The van der Waals surface area contributed by atoms with Crippen molar-refractivity contribution in [3.63, 3.8) is 0 Å². The van der Waals surface area contributed by atoms with Crippen molar-refractivity contribution in [1.82, 2.24) is 5.32 Å². The standard InChI is InChI=1S/C8H10N2O5/c1-5(4-11)9-8(12)6-2-3-7(15-6)10(13)14/h2-3,5,11H,4H2,1H3,(H,9,12)/t5-/m1/s1. The van der Waals surface area contributed by atoms with E-state index in [1.165, 1.54) is 6.07 Å². The van der Waals surface area contributed by atoms with E-state index in [4.69, 9.17) is 5.11 Å². The molecule has 0 saturated carbocycles. The number of aliphatic hydroxyl groups is 1. The van der Waals surface area contributed by atoms with Crippen molar-refractivity contribution in [3.8, 4) is 0 Å². The summed E-state index contributed by atoms with van der Waals surface area (Å²) in [6.45, 7) is 1.38. The summed E-state index contributed by atoms with van der Waals surface area (Å²) >= 11 is 0. The minimum atomic E-state index is -0.730. The highest BCUT2D eigenvalue weighted by molar-refractivity contribution is 5.91. The molecular weight excluding hydrogens is 204 g/mol. The Morgan fingerprint density at radius 2 is 2.40 bits per heavy atom. The summed E-state index contributed by atoms with van der Waals surface area (Å²) in [4.78, 5) is 20.8. The van der Waals surface area contributed by atoms with Crippen LogP contribution in [0.1, 0.15) is 17.5 Å². The minimum Gasteiger partial charge on any atom is -0.395 e. The Hall–Kier alpha value is -1.89. The number of rotatable bonds is 4. The van der Waals surface area contributed by atoms with Gasteiger partial charge in [-0.2, -0.15) is 0 Å². The third kappa shape index (κ3) is 2.78. The van der Waals surface area contributed by atoms with Crippen LogP contribution in [0, 0.1) is 10.1 Å². The lowest BCUT2D eigenvalue weighted by Crippen LogP contribution is -2.34. The lowest BCUT2D eigenvalue weighted by atomic mass is 10.3. The van der Waals surface area contributed by atoms with E-state index < -0.39 is 22.8 Å². The largest absolute Gasteiger partial charge is 0.433 e. The van der Waals surface area contributed by atoms with E-state index in [0.29, 0.717) is 0 Å². The highest BCUT2D eigenvalue weighted by Gasteiger charge is 2.18. The zero-order valence-electron chi connectivity index (χ0n) is 7.97. The number of nitrogens with zero attached hydrogens (tertiary/aromatic N) is 1. The number of nitrogens with one attached hydrogen (secondary N) is 1. The zero-order valence-corrected chi connectivity index (χ0v) is 7.97. The lowest BCUT2D eigenvalue weighted by Gasteiger charge is -2.08. The van der Waals surface area contributed by atoms with Gasteiger partial charge >= 0.3 is 5.88 Å². The summed E-state index contributed by atoms with van der Waals surface area (Å²) in [7, 11) is 0. The molecule has 82 valence electrons. The predicted molar refractivity (Wildman–Crippen MR) is 49.4 cm³/mol. The molecule has 1 rings (SSSR count). The molecule has 0 aliphatic rings. The fraction of sp³-hybridized carbons (Fsp3) is 0.375. The van der Waals surface area contributed by atoms with Crippen LogP contribution in [0.15, 0.2) is 16.5 Å². The Kier molecular flexibility index (Phi) is 3.40. The smallest absolute Gasteiger partial charge is 0.395 e. The van der Waals surface area contributed by atoms with E-state index in [0.717, 1.165) is 6.07 Å². The Labute approximate surface area is 84.8 Å². The zero-order chi connectivity index (χ0) is 11.4. The van der Waals surface area contributed by atoms with Gasteiger partial charge in [0.15, 0.2) is 5.76 Å². The fourth-order valence-corrected chi connectivity index (χ4v) is 0.888. The SMILES string of the molecule is C[C@H](CO)NC(=O)c1ccc([N+](=O)[O-])o1. The first-order valence-electron chi connectivity index (χ1n) is 4.20. The van der Waals surface area contributed by atoms with Gasteiger partial charge in [-0.3, -0.25) is 14.9 Å². The molecule has 0 aliphatic carbocycles. The average Bonchev–Trinajstić information content (AvgIpc) is 2.66. The van der Waals surface area contributed by atoms with Gasteiger partial charge in [0, 0.05) is 6.04 Å². The van der Waals surface area contributed by atoms with E-state index in [1.807, 2.05) is 0 Å². The van der Waals surface area contributed by atoms with Crippen LogP contribution in [0.4, 0.5) is 5.88 Å². The summed E-state index contributed by atoms with van der Waals surface area (Å²) in [6.07, 6.45) is 0. The third-order valence-electron chi connectivity index (χ3n) is 1.65. The number of aliphatic hydroxyl groups excluding tert-OH is 1. The van der Waals surface area contributed by atoms with Gasteiger partial charge in [0.2, 0.25) is 0 Å². The number of furan rings is 1. The van der Waals surface area contributed by atoms with Gasteiger partial charge in [0.1, 0.15) is 4.92 Å². The number of hydrogen-bond acceptors (Lipinski definition) is 5. The predicted octanol–water partition coefficient (Wildman–Crippen LogP) is 0.298. The minimum absolute atomic E-state index is 0.151. The van der Waals surface area contributed by atoms with Gasteiger partial charge in [-0.05, 0) is 13.0 Å². The van der Waals surface area contributed by atoms with E-state index in [1.54, 1.807) is 6.92 Å². The molecule has 0 saturated heterocycles. The molecule has 1 heterocycles. The maximum atomic E-state index is 11.3. The molecule has 0 unspecified atom stereocenters. The van der Waals surface area contributed by atoms with Crippen LogP contribution >= 0.6 is 0 Å². The van der Waals surface area contributed by atoms with Crippen molar-refractivity contribution in [2.45, 2.75) is 13.0 Å². The first kappa shape index (κ1) is 11.2. The van der Waals surface area contributed by atoms with Crippen LogP contribution in [0.3, 0.4) is 0 Å². The Morgan fingerprint density at radius 1 is 1.73 bits per heavy atom. The van der Waals surface area contributed by atoms with Gasteiger partial charge in [0.25, 0.3) is 5.91 Å². The first-order valence-corrected chi connectivity index (χ1v) is 4.20. The molecule has 0 aromatic carbocycles. The highest BCUT2D eigenvalue weighted by atomic mass is 16.6. The molecule has 1 aromatic rings. The monoisotopic (exact) mass is 214 g/mol. The molecule has 0 bridgehead atoms. The molecule has 1 atom stereocenters. The average molecular weight is 214 g/mol. The van der Waals surface area contributed by atoms with Crippen molar-refractivity contribution in [3.05, 3.63) is 28.0 Å². The third-order valence-corrected chi connectivity index (χ3v) is 1.65. The molecule has 0 aliphatic heterocycles. The summed E-state index contributed by atoms with van der Waals surface area (Å²) in [6, 6.07) is 1.87. The molecule has 0 spiro atoms. The molecule has 2 N–H and O–H groups in total. The van der Waals surface area contributed by atoms with Crippen LogP contribution in [0.25, 0.3) is 0 Å². The second-order valence-electron chi connectivity index (χ2n) is 2.95. The normalized spacial score (nSPS) is 12.1. The van der Waals surface area contributed by atoms with Crippen molar-refractivity contribution in [1.29, 1.82) is 0 Å². The molecule has 1 amide bonds. The topological polar surface area (TPSA) is 106 Å². The summed E-state index contributed by atoms with van der Waals surface area (Å²) in [5.74, 6) is -1.23. The van der Waals surface area contributed by atoms with Crippen LogP contribution in [-0.4, -0.2) is 28.6 Å². The molecule has 0 radical (unpaired) electrons. The first-order chi connectivity index (χ1) is 7.04. The van der Waals surface area contributed by atoms with E-state index >= 15 is 0 Å². The summed E-state index contributed by atoms with van der Waals surface area (Å²) in [5.41, 5.74) is 0. The highest BCUT2D eigenvalue weighted by Crippen LogP contribution is 2.15. The molecule has 7 heteroatoms. The molecule has 0 fully saturated rings. The van der Waals surface area contributed by atoms with E-state index in [9.17, 15) is 14.9 Å². The second-order valence-corrected chi connectivity index (χ2v) is 2.95. The van der Waals surface area contributed by atoms with Crippen LogP contribution in [0.2, 0.25) is 0 Å². The molecular formula is C8H10N2O5. The van der Waals surface area contributed by atoms with Crippen LogP contribution < -0.4 is 5.32 Å². The van der Waals surface area contributed by atoms with E-state index in [-0.39, 0.29) is 12.4 Å². The van der Waals surface area contributed by atoms with Crippen molar-refractivity contribution in [2.24, 2.45) is 0 Å². The second kappa shape index (κ2) is 4.56. The van der Waals surface area contributed by atoms with Crippen LogP contribution in [0.5, 0.6) is 0 Å². The van der Waals surface area contributed by atoms with Gasteiger partial charge in [0.05, 0.1) is 12.7 Å². The number of amides is 1. The van der Waals surface area contributed by atoms with Gasteiger partial charge < -0.3 is 14.8 Å². The summed E-state index contributed by atoms with van der Waals surface area (Å²) in [5, 5.41) is 21.3. The van der Waals surface area contributed by atoms with Crippen LogP contribution in [-0.2, 0) is 0 Å². The number of carbonyl (C=O) groups is 1. The van der Waals surface area contributed by atoms with Gasteiger partial charge in [-0.1, -0.05) is 0 Å². The number of nitro groups is 1. The maximum Gasteiger partial charge on any atom is 0.433 e. The number of carbonyl (C=O) groups excluding carboxylic acids is 1. The molecule has 7 nitrogen and oxygen atoms in total. The molecule has 1 aromatic heterocycles. The quantitative estimate of drug-likeness (QED) is 0.553. The van der Waals surface area contributed by atoms with Crippen molar-refractivity contribution in [2.75, 3.05) is 6.61 Å². The lowest BCUT2D eigenvalue weighted by molar-refractivity contribution is -0.402. The fourth-order valence-electron chi connectivity index (χ4n) is 0.888. The Morgan fingerprint density at radius 3 is 2.87 bits per heavy atom. The van der Waals surface area contributed by atoms with Crippen molar-refractivity contribution >= 4 is 11.8 Å². The van der Waals surface area contributed by atoms with Crippen molar-refractivity contribution < 1.29 is 19.2 Å². The van der Waals surface area contributed by atoms with Gasteiger partial charge in [-0.15, -0.1) is 0 Å². The number of hydrogen-bond donors (Lipinski definition) is 2. The van der Waals surface area contributed by atoms with E-state index in [2.05, 4.69) is 9.73 Å². The van der Waals surface area contributed by atoms with Gasteiger partial charge in [-0.25, -0.2) is 0 Å². The maximum absolute atomic E-state index is 11.3.